The number of carboxylic acids is 1. The largest absolute Gasteiger partial charge is 0.481 e. The van der Waals surface area contributed by atoms with Crippen LogP contribution in [-0.2, 0) is 14.3 Å². The molecule has 7 heteroatoms. The van der Waals surface area contributed by atoms with Crippen molar-refractivity contribution in [3.8, 4) is 11.1 Å². The number of nitrogens with one attached hydrogen (secondary N) is 2. The highest BCUT2D eigenvalue weighted by Crippen LogP contribution is 2.44. The number of allylic oxidation sites excluding steroid dienone is 1. The maximum Gasteiger partial charge on any atom is 0.407 e. The van der Waals surface area contributed by atoms with Gasteiger partial charge in [-0.3, -0.25) is 9.59 Å². The van der Waals surface area contributed by atoms with Gasteiger partial charge in [0.05, 0.1) is 5.92 Å². The summed E-state index contributed by atoms with van der Waals surface area (Å²) in [5, 5.41) is 15.1. The Kier molecular flexibility index (Phi) is 6.57. The summed E-state index contributed by atoms with van der Waals surface area (Å²) in [7, 11) is 0. The first kappa shape index (κ1) is 23.1. The highest BCUT2D eigenvalue weighted by atomic mass is 16.5. The molecule has 0 spiro atoms. The zero-order chi connectivity index (χ0) is 24.4. The Morgan fingerprint density at radius 2 is 1.57 bits per heavy atom. The molecule has 0 aliphatic heterocycles. The van der Waals surface area contributed by atoms with Crippen LogP contribution in [0.5, 0.6) is 0 Å². The molecule has 0 aromatic heterocycles. The van der Waals surface area contributed by atoms with Crippen LogP contribution in [0.25, 0.3) is 11.1 Å². The van der Waals surface area contributed by atoms with Gasteiger partial charge in [-0.2, -0.15) is 0 Å². The minimum Gasteiger partial charge on any atom is -0.481 e. The predicted octanol–water partition coefficient (Wildman–Crippen LogP) is 4.23. The number of benzene rings is 2. The topological polar surface area (TPSA) is 105 Å². The Labute approximate surface area is 204 Å². The van der Waals surface area contributed by atoms with E-state index in [0.717, 1.165) is 0 Å². The van der Waals surface area contributed by atoms with Crippen LogP contribution in [-0.4, -0.2) is 41.8 Å². The monoisotopic (exact) mass is 474 g/mol. The van der Waals surface area contributed by atoms with Crippen molar-refractivity contribution in [3.05, 3.63) is 71.8 Å². The third kappa shape index (κ3) is 4.94. The quantitative estimate of drug-likeness (QED) is 0.544. The SMILES string of the molecule is O=C(N[C@H]1CC[C@@H](C(=O)N[C@@H]2C=CC[C@@H](C(=O)O)C2)C1)OCC1c2ccccc2-c2ccccc21. The molecule has 0 heterocycles. The Morgan fingerprint density at radius 3 is 2.26 bits per heavy atom. The van der Waals surface area contributed by atoms with Gasteiger partial charge in [-0.1, -0.05) is 60.7 Å². The maximum atomic E-state index is 12.7. The van der Waals surface area contributed by atoms with Crippen LogP contribution >= 0.6 is 0 Å². The minimum atomic E-state index is -0.832. The van der Waals surface area contributed by atoms with Crippen LogP contribution in [0, 0.1) is 11.8 Å². The van der Waals surface area contributed by atoms with Crippen LogP contribution in [0.4, 0.5) is 4.79 Å². The highest BCUT2D eigenvalue weighted by molar-refractivity contribution is 5.80. The van der Waals surface area contributed by atoms with E-state index in [1.807, 2.05) is 36.4 Å². The Hall–Kier alpha value is -3.61. The molecule has 35 heavy (non-hydrogen) atoms. The number of carbonyl (C=O) groups excluding carboxylic acids is 2. The van der Waals surface area contributed by atoms with Gasteiger partial charge in [0, 0.05) is 23.9 Å². The number of hydrogen-bond acceptors (Lipinski definition) is 4. The lowest BCUT2D eigenvalue weighted by Gasteiger charge is -2.24. The molecule has 0 radical (unpaired) electrons. The molecule has 7 nitrogen and oxygen atoms in total. The molecule has 5 rings (SSSR count). The van der Waals surface area contributed by atoms with Gasteiger partial charge < -0.3 is 20.5 Å². The molecule has 0 bridgehead atoms. The van der Waals surface area contributed by atoms with Crippen LogP contribution in [0.1, 0.15) is 49.1 Å². The molecular formula is C28H30N2O5. The van der Waals surface area contributed by atoms with Crippen LogP contribution in [0.3, 0.4) is 0 Å². The average Bonchev–Trinajstić information content (AvgIpc) is 3.46. The Bertz CT molecular complexity index is 1110. The first-order valence-corrected chi connectivity index (χ1v) is 12.3. The van der Waals surface area contributed by atoms with Gasteiger partial charge >= 0.3 is 12.1 Å². The lowest BCUT2D eigenvalue weighted by atomic mass is 9.91. The van der Waals surface area contributed by atoms with Crippen molar-refractivity contribution in [1.82, 2.24) is 10.6 Å². The van der Waals surface area contributed by atoms with Crippen molar-refractivity contribution in [2.75, 3.05) is 6.61 Å². The second-order valence-electron chi connectivity index (χ2n) is 9.73. The number of fused-ring (bicyclic) bond motifs is 3. The molecule has 4 atom stereocenters. The number of rotatable bonds is 6. The van der Waals surface area contributed by atoms with Crippen molar-refractivity contribution < 1.29 is 24.2 Å². The van der Waals surface area contributed by atoms with Gasteiger partial charge in [0.2, 0.25) is 5.91 Å². The summed E-state index contributed by atoms with van der Waals surface area (Å²) < 4.78 is 5.64. The number of ether oxygens (including phenoxy) is 1. The van der Waals surface area contributed by atoms with Crippen LogP contribution in [0.15, 0.2) is 60.7 Å². The fraction of sp³-hybridized carbons (Fsp3) is 0.393. The second-order valence-corrected chi connectivity index (χ2v) is 9.73. The molecule has 3 aliphatic rings. The summed E-state index contributed by atoms with van der Waals surface area (Å²) in [5.41, 5.74) is 4.70. The Morgan fingerprint density at radius 1 is 0.886 bits per heavy atom. The normalized spacial score (nSPS) is 24.9. The molecule has 0 unspecified atom stereocenters. The molecule has 3 aliphatic carbocycles. The Balaban J connectivity index is 1.11. The fourth-order valence-electron chi connectivity index (χ4n) is 5.66. The van der Waals surface area contributed by atoms with Crippen LogP contribution in [0.2, 0.25) is 0 Å². The van der Waals surface area contributed by atoms with E-state index in [4.69, 9.17) is 4.74 Å². The molecule has 3 N–H and O–H groups in total. The van der Waals surface area contributed by atoms with E-state index in [-0.39, 0.29) is 36.4 Å². The van der Waals surface area contributed by atoms with E-state index in [9.17, 15) is 19.5 Å². The summed E-state index contributed by atoms with van der Waals surface area (Å²) >= 11 is 0. The van der Waals surface area contributed by atoms with Crippen molar-refractivity contribution in [2.45, 2.75) is 50.1 Å². The van der Waals surface area contributed by atoms with Gasteiger partial charge in [-0.05, 0) is 54.4 Å². The third-order valence-electron chi connectivity index (χ3n) is 7.47. The second kappa shape index (κ2) is 9.94. The van der Waals surface area contributed by atoms with Gasteiger partial charge in [-0.25, -0.2) is 4.79 Å². The van der Waals surface area contributed by atoms with E-state index in [1.165, 1.54) is 22.3 Å². The summed E-state index contributed by atoms with van der Waals surface area (Å²) in [6.07, 6.45) is 6.08. The van der Waals surface area contributed by atoms with E-state index in [1.54, 1.807) is 0 Å². The van der Waals surface area contributed by atoms with Crippen molar-refractivity contribution in [3.63, 3.8) is 0 Å². The lowest BCUT2D eigenvalue weighted by molar-refractivity contribution is -0.142. The molecule has 2 aromatic carbocycles. The standard InChI is InChI=1S/C28H30N2O5/c31-26(29-19-7-5-6-18(15-19)27(32)33)17-12-13-20(14-17)30-28(34)35-16-25-23-10-3-1-8-21(23)22-9-2-4-11-24(22)25/h1-5,7-11,17-20,25H,6,12-16H2,(H,29,31)(H,30,34)(H,32,33)/t17-,18-,19-,20+/m1/s1. The number of alkyl carbamates (subject to hydrolysis) is 1. The fourth-order valence-corrected chi connectivity index (χ4v) is 5.66. The molecule has 2 amide bonds. The van der Waals surface area contributed by atoms with Gasteiger partial charge in [-0.15, -0.1) is 0 Å². The lowest BCUT2D eigenvalue weighted by Crippen LogP contribution is -2.41. The van der Waals surface area contributed by atoms with E-state index >= 15 is 0 Å². The number of carbonyl (C=O) groups is 3. The van der Waals surface area contributed by atoms with Gasteiger partial charge in [0.1, 0.15) is 6.61 Å². The number of carboxylic acid groups (broad SMARTS) is 1. The van der Waals surface area contributed by atoms with Crippen molar-refractivity contribution >= 4 is 18.0 Å². The molecular weight excluding hydrogens is 444 g/mol. The van der Waals surface area contributed by atoms with Crippen LogP contribution < -0.4 is 10.6 Å². The summed E-state index contributed by atoms with van der Waals surface area (Å²) in [6.45, 7) is 0.259. The molecule has 2 aromatic rings. The van der Waals surface area contributed by atoms with E-state index in [2.05, 4.69) is 34.9 Å². The van der Waals surface area contributed by atoms with Gasteiger partial charge in [0.15, 0.2) is 0 Å². The third-order valence-corrected chi connectivity index (χ3v) is 7.47. The number of amides is 2. The van der Waals surface area contributed by atoms with Crippen molar-refractivity contribution in [2.24, 2.45) is 11.8 Å². The smallest absolute Gasteiger partial charge is 0.407 e. The summed E-state index contributed by atoms with van der Waals surface area (Å²) in [5.74, 6) is -1.57. The molecule has 182 valence electrons. The molecule has 1 saturated carbocycles. The number of hydrogen-bond donors (Lipinski definition) is 3. The van der Waals surface area contributed by atoms with E-state index in [0.29, 0.717) is 32.1 Å². The summed E-state index contributed by atoms with van der Waals surface area (Å²) in [6, 6.07) is 16.1. The zero-order valence-electron chi connectivity index (χ0n) is 19.5. The molecule has 1 fully saturated rings. The van der Waals surface area contributed by atoms with Gasteiger partial charge in [0.25, 0.3) is 0 Å². The summed E-state index contributed by atoms with van der Waals surface area (Å²) in [4.78, 5) is 36.5. The average molecular weight is 475 g/mol. The van der Waals surface area contributed by atoms with E-state index < -0.39 is 18.0 Å². The first-order chi connectivity index (χ1) is 17.0. The zero-order valence-corrected chi connectivity index (χ0v) is 19.5. The highest BCUT2D eigenvalue weighted by Gasteiger charge is 2.34. The predicted molar refractivity (Wildman–Crippen MR) is 131 cm³/mol. The first-order valence-electron chi connectivity index (χ1n) is 12.3. The van der Waals surface area contributed by atoms with Crippen molar-refractivity contribution in [1.29, 1.82) is 0 Å². The number of aliphatic carboxylic acids is 1. The molecule has 0 saturated heterocycles. The minimum absolute atomic E-state index is 0.00781. The maximum absolute atomic E-state index is 12.7.